The summed E-state index contributed by atoms with van der Waals surface area (Å²) < 4.78 is 56.9. The summed E-state index contributed by atoms with van der Waals surface area (Å²) in [5.41, 5.74) is -0.798. The molecule has 0 unspecified atom stereocenters. The van der Waals surface area contributed by atoms with Gasteiger partial charge in [-0.25, -0.2) is 4.79 Å². The molecule has 0 spiro atoms. The predicted octanol–water partition coefficient (Wildman–Crippen LogP) is -0.381. The van der Waals surface area contributed by atoms with Gasteiger partial charge in [-0.2, -0.15) is 0 Å². The molecule has 330 valence electrons. The largest absolute Gasteiger partial charge is 0.469 e. The highest BCUT2D eigenvalue weighted by molar-refractivity contribution is 5.82. The summed E-state index contributed by atoms with van der Waals surface area (Å²) in [6.07, 6.45) is -7.08. The van der Waals surface area contributed by atoms with Crippen molar-refractivity contribution >= 4 is 35.7 Å². The van der Waals surface area contributed by atoms with Gasteiger partial charge >= 0.3 is 12.1 Å². The second kappa shape index (κ2) is 20.0. The molecule has 4 heterocycles. The van der Waals surface area contributed by atoms with Gasteiger partial charge in [-0.15, -0.1) is 0 Å². The maximum absolute atomic E-state index is 13.0. The van der Waals surface area contributed by atoms with E-state index in [1.807, 2.05) is 0 Å². The van der Waals surface area contributed by atoms with Crippen LogP contribution in [0.3, 0.4) is 0 Å². The molecular formula is C37H61N5O16. The smallest absolute Gasteiger partial charge is 0.407 e. The van der Waals surface area contributed by atoms with Gasteiger partial charge in [0.1, 0.15) is 42.2 Å². The van der Waals surface area contributed by atoms with E-state index < -0.39 is 114 Å². The third-order valence-corrected chi connectivity index (χ3v) is 9.44. The van der Waals surface area contributed by atoms with Gasteiger partial charge in [0.05, 0.1) is 25.6 Å². The fourth-order valence-electron chi connectivity index (χ4n) is 7.10. The standard InChI is InChI=1S/C37H61N5O16/c1-35(2,3)58-34(48)42-19(26-28-30(32(50-9)52-26)56-36(4,5)54-28)17-24(46)40-15-12-22(44)38-14-11-21(43)39-16-13-23(45)41-20(18-25(47)49-8)27-29-31(33(51-10)53-27)57-37(6,7)55-29/h19-20,26-33H,11-18H2,1-10H3,(H,38,44)(H,39,43)(H,40,46)(H,41,45)(H,42,48)/t19-,20-,26-,27-,28+,29+,30+,31+,32+,33+/m1/s1. The maximum atomic E-state index is 13.0. The molecule has 0 aromatic rings. The van der Waals surface area contributed by atoms with E-state index in [1.165, 1.54) is 21.3 Å². The average molecular weight is 832 g/mol. The van der Waals surface area contributed by atoms with Crippen LogP contribution in [0.4, 0.5) is 4.79 Å². The zero-order valence-corrected chi connectivity index (χ0v) is 35.0. The van der Waals surface area contributed by atoms with Crippen LogP contribution in [-0.4, -0.2) is 155 Å². The molecule has 4 aliphatic rings. The molecule has 0 aromatic carbocycles. The number of hydrogen-bond donors (Lipinski definition) is 5. The predicted molar refractivity (Wildman–Crippen MR) is 198 cm³/mol. The average Bonchev–Trinajstić information content (AvgIpc) is 3.81. The molecular weight excluding hydrogens is 770 g/mol. The van der Waals surface area contributed by atoms with E-state index in [-0.39, 0.29) is 51.7 Å². The number of carbonyl (C=O) groups excluding carboxylic acids is 6. The van der Waals surface area contributed by atoms with Crippen LogP contribution in [-0.2, 0) is 71.3 Å². The van der Waals surface area contributed by atoms with Crippen molar-refractivity contribution in [3.8, 4) is 0 Å². The highest BCUT2D eigenvalue weighted by Crippen LogP contribution is 2.41. The first-order valence-electron chi connectivity index (χ1n) is 19.4. The second-order valence-electron chi connectivity index (χ2n) is 16.3. The fourth-order valence-corrected chi connectivity index (χ4v) is 7.10. The van der Waals surface area contributed by atoms with Gasteiger partial charge in [0.25, 0.3) is 0 Å². The summed E-state index contributed by atoms with van der Waals surface area (Å²) in [5.74, 6) is -4.20. The van der Waals surface area contributed by atoms with E-state index in [0.717, 1.165) is 0 Å². The molecule has 4 fully saturated rings. The molecule has 21 nitrogen and oxygen atoms in total. The molecule has 0 aliphatic carbocycles. The lowest BCUT2D eigenvalue weighted by atomic mass is 10.0. The minimum absolute atomic E-state index is 0.00914. The molecule has 4 rings (SSSR count). The topological polar surface area (TPSA) is 255 Å². The van der Waals surface area contributed by atoms with Crippen LogP contribution in [0.1, 0.15) is 80.6 Å². The number of ether oxygens (including phenoxy) is 10. The normalized spacial score (nSPS) is 29.0. The molecule has 0 saturated carbocycles. The van der Waals surface area contributed by atoms with E-state index in [2.05, 4.69) is 26.6 Å². The minimum atomic E-state index is -0.944. The highest BCUT2D eigenvalue weighted by Gasteiger charge is 2.59. The molecule has 0 radical (unpaired) electrons. The zero-order chi connectivity index (χ0) is 43.0. The molecule has 0 bridgehead atoms. The SMILES string of the molecule is COC(=O)C[C@@H](NC(=O)CCNC(=O)CCNC(=O)CCNC(=O)C[C@@H](NC(=O)OC(C)(C)C)[C@H]1O[C@H](OC)[C@H]2OC(C)(C)O[C@H]21)[C@H]1O[C@H](OC)[C@H]2OC(C)(C)O[C@H]21. The Morgan fingerprint density at radius 2 is 1.00 bits per heavy atom. The molecule has 4 aliphatic heterocycles. The van der Waals surface area contributed by atoms with Crippen molar-refractivity contribution in [1.82, 2.24) is 26.6 Å². The number of esters is 1. The van der Waals surface area contributed by atoms with Gasteiger partial charge < -0.3 is 74.0 Å². The fraction of sp³-hybridized carbons (Fsp3) is 0.838. The van der Waals surface area contributed by atoms with Crippen LogP contribution in [0.5, 0.6) is 0 Å². The first-order chi connectivity index (χ1) is 27.1. The molecule has 58 heavy (non-hydrogen) atoms. The summed E-state index contributed by atoms with van der Waals surface area (Å²) >= 11 is 0. The summed E-state index contributed by atoms with van der Waals surface area (Å²) in [7, 11) is 4.14. The number of alkyl carbamates (subject to hydrolysis) is 1. The van der Waals surface area contributed by atoms with Crippen LogP contribution in [0.2, 0.25) is 0 Å². The first-order valence-corrected chi connectivity index (χ1v) is 19.4. The third-order valence-electron chi connectivity index (χ3n) is 9.44. The Hall–Kier alpha value is -3.70. The Morgan fingerprint density at radius 3 is 1.43 bits per heavy atom. The Labute approximate surface area is 338 Å². The van der Waals surface area contributed by atoms with E-state index in [1.54, 1.807) is 48.5 Å². The lowest BCUT2D eigenvalue weighted by Crippen LogP contribution is -2.52. The van der Waals surface area contributed by atoms with Crippen LogP contribution in [0.15, 0.2) is 0 Å². The van der Waals surface area contributed by atoms with E-state index in [4.69, 9.17) is 47.4 Å². The van der Waals surface area contributed by atoms with Crippen molar-refractivity contribution < 1.29 is 76.1 Å². The van der Waals surface area contributed by atoms with E-state index >= 15 is 0 Å². The number of nitrogens with one attached hydrogen (secondary N) is 5. The Balaban J connectivity index is 1.17. The maximum Gasteiger partial charge on any atom is 0.407 e. The van der Waals surface area contributed by atoms with Gasteiger partial charge in [0, 0.05) is 59.5 Å². The van der Waals surface area contributed by atoms with Crippen LogP contribution < -0.4 is 26.6 Å². The molecule has 5 N–H and O–H groups in total. The van der Waals surface area contributed by atoms with Gasteiger partial charge in [-0.05, 0) is 48.5 Å². The Bertz CT molecular complexity index is 1470. The third kappa shape index (κ3) is 13.4. The molecule has 5 amide bonds. The molecule has 4 saturated heterocycles. The van der Waals surface area contributed by atoms with E-state index in [0.29, 0.717) is 0 Å². The van der Waals surface area contributed by atoms with Crippen molar-refractivity contribution in [2.24, 2.45) is 0 Å². The number of fused-ring (bicyclic) bond motifs is 2. The van der Waals surface area contributed by atoms with Crippen molar-refractivity contribution in [1.29, 1.82) is 0 Å². The summed E-state index contributed by atoms with van der Waals surface area (Å²) in [6, 6.07) is -1.74. The van der Waals surface area contributed by atoms with Gasteiger partial charge in [0.15, 0.2) is 24.2 Å². The second-order valence-corrected chi connectivity index (χ2v) is 16.3. The summed E-state index contributed by atoms with van der Waals surface area (Å²) in [4.78, 5) is 75.8. The molecule has 10 atom stereocenters. The van der Waals surface area contributed by atoms with Crippen molar-refractivity contribution in [3.63, 3.8) is 0 Å². The van der Waals surface area contributed by atoms with Crippen LogP contribution in [0.25, 0.3) is 0 Å². The lowest BCUT2D eigenvalue weighted by Gasteiger charge is -2.30. The lowest BCUT2D eigenvalue weighted by molar-refractivity contribution is -0.230. The number of methoxy groups -OCH3 is 3. The quantitative estimate of drug-likeness (QED) is 0.104. The molecule has 0 aromatic heterocycles. The first kappa shape index (κ1) is 47.0. The van der Waals surface area contributed by atoms with Crippen LogP contribution >= 0.6 is 0 Å². The van der Waals surface area contributed by atoms with Gasteiger partial charge in [0.2, 0.25) is 23.6 Å². The highest BCUT2D eigenvalue weighted by atomic mass is 16.8. The summed E-state index contributed by atoms with van der Waals surface area (Å²) in [6.45, 7) is 12.1. The van der Waals surface area contributed by atoms with Crippen molar-refractivity contribution in [2.75, 3.05) is 41.0 Å². The van der Waals surface area contributed by atoms with Gasteiger partial charge in [-0.3, -0.25) is 24.0 Å². The zero-order valence-electron chi connectivity index (χ0n) is 35.0. The monoisotopic (exact) mass is 831 g/mol. The van der Waals surface area contributed by atoms with Crippen molar-refractivity contribution in [3.05, 3.63) is 0 Å². The number of rotatable bonds is 19. The number of amides is 5. The van der Waals surface area contributed by atoms with Gasteiger partial charge in [-0.1, -0.05) is 0 Å². The van der Waals surface area contributed by atoms with Crippen molar-refractivity contribution in [2.45, 2.75) is 159 Å². The van der Waals surface area contributed by atoms with Crippen LogP contribution in [0, 0.1) is 0 Å². The molecule has 21 heteroatoms. The Morgan fingerprint density at radius 1 is 0.586 bits per heavy atom. The number of carbonyl (C=O) groups is 6. The Kier molecular flexibility index (Phi) is 16.2. The number of hydrogen-bond acceptors (Lipinski definition) is 16. The minimum Gasteiger partial charge on any atom is -0.469 e. The van der Waals surface area contributed by atoms with E-state index in [9.17, 15) is 28.8 Å². The summed E-state index contributed by atoms with van der Waals surface area (Å²) in [5, 5.41) is 13.4.